The first-order chi connectivity index (χ1) is 15.2. The third-order valence-corrected chi connectivity index (χ3v) is 11.3. The molecule has 0 nitrogen and oxygen atoms in total. The van der Waals surface area contributed by atoms with Crippen LogP contribution < -0.4 is 0 Å². The quantitative estimate of drug-likeness (QED) is 0.205. The van der Waals surface area contributed by atoms with Crippen molar-refractivity contribution in [2.75, 3.05) is 32.6 Å². The smallest absolute Gasteiger partial charge is 0 e. The molecule has 2 fully saturated rings. The van der Waals surface area contributed by atoms with E-state index in [0.717, 1.165) is 0 Å². The minimum absolute atomic E-state index is 0. The standard InChI is InChI=1S/2C10H15.C6H5.C5H14P2.2Ir/c2*1-6-7(2)9(4)10(5)8(6)3;1-2-4-6-5-3-1;1-6(2)5-7(3)4;;/h2*1-5H3;1-5H;5H2,1-4H3;;/q;;-1;;;. The number of hydrogen-bond donors (Lipinski definition) is 0. The maximum Gasteiger partial charge on any atom is 0 e. The van der Waals surface area contributed by atoms with Crippen LogP contribution in [-0.2, 0) is 40.2 Å². The van der Waals surface area contributed by atoms with Crippen LogP contribution in [0.3, 0.4) is 0 Å². The molecule has 1 aromatic carbocycles. The van der Waals surface area contributed by atoms with E-state index in [9.17, 15) is 0 Å². The van der Waals surface area contributed by atoms with E-state index < -0.39 is 0 Å². The zero-order valence-electron chi connectivity index (χ0n) is 24.7. The summed E-state index contributed by atoms with van der Waals surface area (Å²) in [6.45, 7) is 31.4. The SMILES string of the molecule is CP(C)CP(C)C.C[C]1[C](C)[C](C)[C](C)[C]1C.C[C]1[C](C)[C](C)[C](C)[C]1C.[Ir].[Ir].[c-]1ccccc1. The Morgan fingerprint density at radius 2 is 0.629 bits per heavy atom. The predicted octanol–water partition coefficient (Wildman–Crippen LogP) is 9.85. The predicted molar refractivity (Wildman–Crippen MR) is 157 cm³/mol. The van der Waals surface area contributed by atoms with Gasteiger partial charge in [-0.1, -0.05) is 69.2 Å². The third kappa shape index (κ3) is 14.9. The Balaban J connectivity index is -0.000000391. The first-order valence-electron chi connectivity index (χ1n) is 11.8. The number of hydrogen-bond acceptors (Lipinski definition) is 0. The second-order valence-electron chi connectivity index (χ2n) is 9.63. The fraction of sp³-hybridized carbons (Fsp3) is 0.484. The van der Waals surface area contributed by atoms with Crippen LogP contribution in [0.15, 0.2) is 30.3 Å². The van der Waals surface area contributed by atoms with Crippen molar-refractivity contribution in [1.82, 2.24) is 0 Å². The number of rotatable bonds is 2. The van der Waals surface area contributed by atoms with Crippen molar-refractivity contribution in [1.29, 1.82) is 0 Å². The molecular formula is C31H49Ir2P2-. The van der Waals surface area contributed by atoms with Gasteiger partial charge in [0.1, 0.15) is 0 Å². The average molecular weight is 868 g/mol. The van der Waals surface area contributed by atoms with Gasteiger partial charge in [0, 0.05) is 40.2 Å². The van der Waals surface area contributed by atoms with Gasteiger partial charge in [0.05, 0.1) is 0 Å². The van der Waals surface area contributed by atoms with Crippen molar-refractivity contribution in [3.05, 3.63) is 95.6 Å². The Bertz CT molecular complexity index is 443. The van der Waals surface area contributed by atoms with E-state index >= 15 is 0 Å². The Labute approximate surface area is 252 Å². The molecule has 2 saturated carbocycles. The first kappa shape index (κ1) is 40.9. The number of benzene rings is 1. The molecule has 0 heterocycles. The maximum absolute atomic E-state index is 2.89. The summed E-state index contributed by atoms with van der Waals surface area (Å²) < 4.78 is 0. The van der Waals surface area contributed by atoms with Crippen LogP contribution in [-0.4, -0.2) is 32.6 Å². The van der Waals surface area contributed by atoms with Gasteiger partial charge >= 0.3 is 0 Å². The summed E-state index contributed by atoms with van der Waals surface area (Å²) in [4.78, 5) is 0. The van der Waals surface area contributed by atoms with E-state index in [-0.39, 0.29) is 40.2 Å². The van der Waals surface area contributed by atoms with E-state index in [4.69, 9.17) is 0 Å². The van der Waals surface area contributed by atoms with Crippen LogP contribution in [0.4, 0.5) is 0 Å². The molecule has 0 bridgehead atoms. The van der Waals surface area contributed by atoms with Crippen LogP contribution in [0, 0.1) is 65.2 Å². The average Bonchev–Trinajstić information content (AvgIpc) is 3.05. The Morgan fingerprint density at radius 1 is 0.429 bits per heavy atom. The molecule has 1 aromatic rings. The van der Waals surface area contributed by atoms with Gasteiger partial charge in [0.25, 0.3) is 0 Å². The summed E-state index contributed by atoms with van der Waals surface area (Å²) in [6, 6.07) is 12.5. The molecule has 2 aliphatic rings. The fourth-order valence-corrected chi connectivity index (χ4v) is 8.25. The van der Waals surface area contributed by atoms with Gasteiger partial charge in [0.2, 0.25) is 0 Å². The van der Waals surface area contributed by atoms with Crippen molar-refractivity contribution >= 4 is 15.8 Å². The molecule has 35 heavy (non-hydrogen) atoms. The zero-order valence-corrected chi connectivity index (χ0v) is 31.2. The molecule has 0 unspecified atom stereocenters. The van der Waals surface area contributed by atoms with E-state index in [1.165, 1.54) is 65.1 Å². The van der Waals surface area contributed by atoms with Gasteiger partial charge in [-0.15, -0.1) is 15.8 Å². The minimum atomic E-state index is 0. The van der Waals surface area contributed by atoms with E-state index in [1.54, 1.807) is 0 Å². The van der Waals surface area contributed by atoms with E-state index in [0.29, 0.717) is 15.8 Å². The van der Waals surface area contributed by atoms with Crippen molar-refractivity contribution in [3.8, 4) is 0 Å². The van der Waals surface area contributed by atoms with Crippen LogP contribution >= 0.6 is 15.8 Å². The Morgan fingerprint density at radius 3 is 0.686 bits per heavy atom. The Hall–Kier alpha value is 1.38. The van der Waals surface area contributed by atoms with Gasteiger partial charge in [-0.3, -0.25) is 0 Å². The fourth-order valence-electron chi connectivity index (χ4n) is 3.72. The molecule has 0 aromatic heterocycles. The molecule has 3 rings (SSSR count). The molecule has 202 valence electrons. The summed E-state index contributed by atoms with van der Waals surface area (Å²) in [7, 11) is 0.778. The summed E-state index contributed by atoms with van der Waals surface area (Å²) in [5.41, 5.74) is 0. The van der Waals surface area contributed by atoms with Gasteiger partial charge < -0.3 is 0 Å². The second kappa shape index (κ2) is 21.2. The monoisotopic (exact) mass is 869 g/mol. The maximum atomic E-state index is 2.89. The summed E-state index contributed by atoms with van der Waals surface area (Å²) in [5, 5.41) is 0. The topological polar surface area (TPSA) is 0 Å². The molecule has 0 N–H and O–H groups in total. The van der Waals surface area contributed by atoms with Crippen molar-refractivity contribution in [2.45, 2.75) is 69.2 Å². The molecular weight excluding hydrogens is 819 g/mol. The second-order valence-corrected chi connectivity index (χ2v) is 15.1. The molecule has 0 aliphatic heterocycles. The molecule has 0 spiro atoms. The normalized spacial score (nSPS) is 19.9. The zero-order chi connectivity index (χ0) is 25.9. The van der Waals surface area contributed by atoms with Gasteiger partial charge in [-0.2, -0.15) is 36.4 Å². The van der Waals surface area contributed by atoms with Crippen molar-refractivity contribution in [3.63, 3.8) is 0 Å². The minimum Gasteiger partial charge on any atom is -0.184 e. The van der Waals surface area contributed by atoms with Crippen molar-refractivity contribution < 1.29 is 40.2 Å². The Kier molecular flexibility index (Phi) is 24.8. The largest absolute Gasteiger partial charge is 0.184 e. The van der Waals surface area contributed by atoms with Gasteiger partial charge in [0.15, 0.2) is 0 Å². The summed E-state index contributed by atoms with van der Waals surface area (Å²) >= 11 is 0. The van der Waals surface area contributed by atoms with Gasteiger partial charge in [-0.05, 0) is 91.7 Å². The molecule has 0 amide bonds. The van der Waals surface area contributed by atoms with Crippen LogP contribution in [0.1, 0.15) is 69.2 Å². The molecule has 12 radical (unpaired) electrons. The van der Waals surface area contributed by atoms with Crippen LogP contribution in [0.2, 0.25) is 0 Å². The molecule has 0 saturated heterocycles. The van der Waals surface area contributed by atoms with Crippen LogP contribution in [0.25, 0.3) is 0 Å². The van der Waals surface area contributed by atoms with E-state index in [1.807, 2.05) is 30.3 Å². The molecule has 2 aliphatic carbocycles. The first-order valence-corrected chi connectivity index (χ1v) is 16.7. The molecule has 4 heteroatoms. The van der Waals surface area contributed by atoms with Gasteiger partial charge in [-0.25, -0.2) is 0 Å². The molecule has 0 atom stereocenters. The summed E-state index contributed by atoms with van der Waals surface area (Å²) in [6.07, 6.45) is 0. The van der Waals surface area contributed by atoms with E-state index in [2.05, 4.69) is 102 Å². The van der Waals surface area contributed by atoms with Crippen molar-refractivity contribution in [2.24, 2.45) is 0 Å². The third-order valence-electron chi connectivity index (χ3n) is 6.80. The van der Waals surface area contributed by atoms with Crippen LogP contribution in [0.5, 0.6) is 0 Å². The summed E-state index contributed by atoms with van der Waals surface area (Å²) in [5.74, 6) is 16.2.